The number of alkyl halides is 3. The van der Waals surface area contributed by atoms with Gasteiger partial charge in [0.05, 0.1) is 6.04 Å². The molecule has 3 aliphatic rings. The molecule has 118 valence electrons. The summed E-state index contributed by atoms with van der Waals surface area (Å²) in [7, 11) is 0. The van der Waals surface area contributed by atoms with Gasteiger partial charge in [-0.05, 0) is 25.2 Å². The minimum absolute atomic E-state index is 0.0849. The monoisotopic (exact) mass is 353 g/mol. The average molecular weight is 355 g/mol. The molecule has 2 atom stereocenters. The zero-order valence-electron chi connectivity index (χ0n) is 11.8. The van der Waals surface area contributed by atoms with Crippen molar-refractivity contribution in [3.8, 4) is 0 Å². The van der Waals surface area contributed by atoms with E-state index >= 15 is 0 Å². The van der Waals surface area contributed by atoms with Crippen LogP contribution in [0.2, 0.25) is 0 Å². The molecule has 1 saturated heterocycles. The molecular formula is C14H18Cl3NO3. The summed E-state index contributed by atoms with van der Waals surface area (Å²) >= 11 is 16.8. The fourth-order valence-corrected chi connectivity index (χ4v) is 3.09. The molecule has 0 aromatic rings. The van der Waals surface area contributed by atoms with Gasteiger partial charge in [0.15, 0.2) is 5.78 Å². The molecule has 2 heterocycles. The van der Waals surface area contributed by atoms with E-state index in [2.05, 4.69) is 0 Å². The Morgan fingerprint density at radius 1 is 1.38 bits per heavy atom. The number of nitrogens with zero attached hydrogens (tertiary/aromatic N) is 1. The lowest BCUT2D eigenvalue weighted by Gasteiger charge is -2.37. The highest BCUT2D eigenvalue weighted by Crippen LogP contribution is 2.35. The second kappa shape index (κ2) is 6.76. The van der Waals surface area contributed by atoms with E-state index in [4.69, 9.17) is 39.5 Å². The third-order valence-corrected chi connectivity index (χ3v) is 4.27. The Labute approximate surface area is 139 Å². The van der Waals surface area contributed by atoms with E-state index in [-0.39, 0.29) is 18.4 Å². The molecule has 1 amide bonds. The first kappa shape index (κ1) is 16.9. The lowest BCUT2D eigenvalue weighted by molar-refractivity contribution is -0.116. The number of carbonyl (C=O) groups is 2. The molecule has 2 bridgehead atoms. The lowest BCUT2D eigenvalue weighted by atomic mass is 9.91. The van der Waals surface area contributed by atoms with Crippen molar-refractivity contribution < 1.29 is 14.3 Å². The average Bonchev–Trinajstić information content (AvgIpc) is 2.74. The van der Waals surface area contributed by atoms with Crippen LogP contribution in [-0.2, 0) is 9.53 Å². The summed E-state index contributed by atoms with van der Waals surface area (Å²) in [4.78, 5) is 25.9. The molecule has 1 fully saturated rings. The van der Waals surface area contributed by atoms with Gasteiger partial charge in [0.1, 0.15) is 6.61 Å². The molecule has 3 rings (SSSR count). The molecular weight excluding hydrogens is 337 g/mol. The van der Waals surface area contributed by atoms with E-state index in [0.29, 0.717) is 18.9 Å². The summed E-state index contributed by atoms with van der Waals surface area (Å²) < 4.78 is 3.44. The number of carbonyl (C=O) groups excluding carboxylic acids is 2. The van der Waals surface area contributed by atoms with Crippen LogP contribution < -0.4 is 0 Å². The minimum atomic E-state index is -1.63. The normalized spacial score (nSPS) is 25.3. The van der Waals surface area contributed by atoms with Crippen molar-refractivity contribution in [3.05, 3.63) is 11.6 Å². The van der Waals surface area contributed by atoms with Crippen molar-refractivity contribution in [1.82, 2.24) is 4.90 Å². The molecule has 0 aromatic carbocycles. The van der Waals surface area contributed by atoms with Crippen molar-refractivity contribution in [2.24, 2.45) is 5.92 Å². The Hall–Kier alpha value is -0.450. The van der Waals surface area contributed by atoms with Crippen LogP contribution in [0.25, 0.3) is 0 Å². The first-order valence-corrected chi connectivity index (χ1v) is 8.18. The van der Waals surface area contributed by atoms with Gasteiger partial charge in [-0.3, -0.25) is 4.79 Å². The van der Waals surface area contributed by atoms with Gasteiger partial charge >= 0.3 is 6.09 Å². The first-order valence-electron chi connectivity index (χ1n) is 7.05. The van der Waals surface area contributed by atoms with Gasteiger partial charge in [-0.15, -0.1) is 0 Å². The van der Waals surface area contributed by atoms with Gasteiger partial charge in [-0.2, -0.15) is 0 Å². The zero-order chi connectivity index (χ0) is 15.6. The highest BCUT2D eigenvalue weighted by molar-refractivity contribution is 6.67. The third-order valence-electron chi connectivity index (χ3n) is 3.95. The highest BCUT2D eigenvalue weighted by Gasteiger charge is 2.39. The maximum absolute atomic E-state index is 12.2. The summed E-state index contributed by atoms with van der Waals surface area (Å²) in [5.41, 5.74) is 0.725. The molecule has 0 saturated carbocycles. The van der Waals surface area contributed by atoms with E-state index in [1.807, 2.05) is 13.0 Å². The van der Waals surface area contributed by atoms with Crippen molar-refractivity contribution in [2.75, 3.05) is 13.2 Å². The van der Waals surface area contributed by atoms with Gasteiger partial charge in [0.25, 0.3) is 0 Å². The minimum Gasteiger partial charge on any atom is -0.445 e. The number of ketones is 1. The maximum atomic E-state index is 12.2. The number of piperidine rings is 1. The Kier molecular flexibility index (Phi) is 5.44. The Bertz CT molecular complexity index is 459. The molecule has 2 aliphatic heterocycles. The second-order valence-electron chi connectivity index (χ2n) is 5.45. The topological polar surface area (TPSA) is 46.6 Å². The van der Waals surface area contributed by atoms with Gasteiger partial charge in [0, 0.05) is 18.5 Å². The quantitative estimate of drug-likeness (QED) is 0.723. The number of allylic oxidation sites excluding steroid dienone is 1. The van der Waals surface area contributed by atoms with Crippen LogP contribution in [0.5, 0.6) is 0 Å². The molecule has 1 aliphatic carbocycles. The molecule has 0 aromatic heterocycles. The number of hydrogen-bond acceptors (Lipinski definition) is 3. The Morgan fingerprint density at radius 2 is 2.10 bits per heavy atom. The van der Waals surface area contributed by atoms with Gasteiger partial charge < -0.3 is 9.64 Å². The highest BCUT2D eigenvalue weighted by atomic mass is 35.6. The summed E-state index contributed by atoms with van der Waals surface area (Å²) in [6.45, 7) is 2.11. The fourth-order valence-electron chi connectivity index (χ4n) is 2.92. The molecule has 4 nitrogen and oxygen atoms in total. The van der Waals surface area contributed by atoms with Crippen LogP contribution in [0, 0.1) is 5.92 Å². The van der Waals surface area contributed by atoms with E-state index in [0.717, 1.165) is 24.8 Å². The summed E-state index contributed by atoms with van der Waals surface area (Å²) in [5, 5.41) is 0. The van der Waals surface area contributed by atoms with Crippen LogP contribution in [0.1, 0.15) is 32.6 Å². The van der Waals surface area contributed by atoms with Crippen LogP contribution >= 0.6 is 34.8 Å². The van der Waals surface area contributed by atoms with E-state index in [1.54, 1.807) is 4.90 Å². The zero-order valence-corrected chi connectivity index (χ0v) is 14.0. The molecule has 0 radical (unpaired) electrons. The second-order valence-corrected chi connectivity index (χ2v) is 7.97. The van der Waals surface area contributed by atoms with Crippen LogP contribution in [-0.4, -0.2) is 39.8 Å². The van der Waals surface area contributed by atoms with E-state index < -0.39 is 9.89 Å². The van der Waals surface area contributed by atoms with Crippen molar-refractivity contribution in [1.29, 1.82) is 0 Å². The van der Waals surface area contributed by atoms with Crippen LogP contribution in [0.3, 0.4) is 0 Å². The molecule has 7 heteroatoms. The van der Waals surface area contributed by atoms with Crippen molar-refractivity contribution >= 4 is 46.7 Å². The van der Waals surface area contributed by atoms with Gasteiger partial charge in [0.2, 0.25) is 3.79 Å². The smallest absolute Gasteiger partial charge is 0.410 e. The van der Waals surface area contributed by atoms with Crippen molar-refractivity contribution in [2.45, 2.75) is 42.4 Å². The summed E-state index contributed by atoms with van der Waals surface area (Å²) in [6, 6.07) is -0.209. The van der Waals surface area contributed by atoms with Crippen LogP contribution in [0.4, 0.5) is 4.79 Å². The fraction of sp³-hybridized carbons (Fsp3) is 0.714. The number of Topliss-reactive ketones (excluding diaryl/α,β-unsaturated/α-hetero) is 1. The number of hydrogen-bond donors (Lipinski definition) is 0. The molecule has 0 spiro atoms. The van der Waals surface area contributed by atoms with Gasteiger partial charge in [-0.25, -0.2) is 4.79 Å². The summed E-state index contributed by atoms with van der Waals surface area (Å²) in [5.74, 6) is 0.449. The molecule has 21 heavy (non-hydrogen) atoms. The predicted molar refractivity (Wildman–Crippen MR) is 82.9 cm³/mol. The number of ether oxygens (including phenoxy) is 1. The first-order chi connectivity index (χ1) is 9.81. The number of fused-ring (bicyclic) bond motifs is 3. The largest absolute Gasteiger partial charge is 0.445 e. The van der Waals surface area contributed by atoms with Crippen LogP contribution in [0.15, 0.2) is 11.6 Å². The predicted octanol–water partition coefficient (Wildman–Crippen LogP) is 3.88. The third kappa shape index (κ3) is 4.27. The van der Waals surface area contributed by atoms with Crippen molar-refractivity contribution in [3.63, 3.8) is 0 Å². The summed E-state index contributed by atoms with van der Waals surface area (Å²) in [6.07, 6.45) is 4.51. The van der Waals surface area contributed by atoms with E-state index in [9.17, 15) is 9.59 Å². The number of amides is 1. The number of rotatable bonds is 3. The number of halogens is 3. The standard InChI is InChI=1S/C14H18Cl3NO3/c1-2-12(19)10-5-3-9-4-6-11(10)18(7-9)13(20)21-8-14(15,16)17/h5,9,11H,2-4,6-8H2,1H3. The maximum Gasteiger partial charge on any atom is 0.410 e. The molecule has 0 N–H and O–H groups in total. The Balaban J connectivity index is 2.11. The van der Waals surface area contributed by atoms with Gasteiger partial charge in [-0.1, -0.05) is 47.8 Å². The lowest BCUT2D eigenvalue weighted by Crippen LogP contribution is -2.48. The Morgan fingerprint density at radius 3 is 2.71 bits per heavy atom. The molecule has 2 unspecified atom stereocenters. The van der Waals surface area contributed by atoms with E-state index in [1.165, 1.54) is 0 Å². The SMILES string of the molecule is CCC(=O)C1=CCC2CCC1N(C(=O)OCC(Cl)(Cl)Cl)C2.